The topological polar surface area (TPSA) is 51.6 Å². The van der Waals surface area contributed by atoms with Crippen LogP contribution in [0, 0.1) is 0 Å². The third-order valence-electron chi connectivity index (χ3n) is 4.59. The minimum Gasteiger partial charge on any atom is -0.173 e. The molecule has 0 aliphatic heterocycles. The molecule has 0 bridgehead atoms. The van der Waals surface area contributed by atoms with E-state index in [1.54, 1.807) is 0 Å². The lowest BCUT2D eigenvalue weighted by molar-refractivity contribution is 1.67. The van der Waals surface area contributed by atoms with E-state index in [9.17, 15) is 0 Å². The second-order valence-corrected chi connectivity index (χ2v) is 6.88. The maximum Gasteiger partial charge on any atom is 0.113 e. The van der Waals surface area contributed by atoms with Crippen LogP contribution in [0.5, 0.6) is 0 Å². The summed E-state index contributed by atoms with van der Waals surface area (Å²) in [7, 11) is 0. The average molecular weight is 344 g/mol. The molecule has 0 amide bonds. The number of fused-ring (bicyclic) bond motifs is 9. The predicted octanol–water partition coefficient (Wildman–Crippen LogP) is 5.16. The van der Waals surface area contributed by atoms with Crippen LogP contribution in [0.4, 0.5) is 0 Å². The Morgan fingerprint density at radius 2 is 0.875 bits per heavy atom. The smallest absolute Gasteiger partial charge is 0.113 e. The van der Waals surface area contributed by atoms with E-state index in [4.69, 9.17) is 0 Å². The fraction of sp³-hybridized carbons (Fsp3) is 0. The first-order chi connectivity index (χ1) is 11.9. The standard InChI is InChI=1S/C18H8N4S2/c1-3-10-5-7-12-17(21-23-19-12)15(10)14-9(1)2-4-11-6-8-13-18(16(11)14)22-24-20-13/h1-8H. The van der Waals surface area contributed by atoms with Gasteiger partial charge in [0, 0.05) is 16.2 Å². The van der Waals surface area contributed by atoms with Gasteiger partial charge in [-0.2, -0.15) is 17.5 Å². The van der Waals surface area contributed by atoms with Gasteiger partial charge in [0.1, 0.15) is 22.1 Å². The second kappa shape index (κ2) is 4.43. The van der Waals surface area contributed by atoms with E-state index in [1.165, 1.54) is 45.0 Å². The molecule has 0 saturated carbocycles. The third kappa shape index (κ3) is 1.52. The van der Waals surface area contributed by atoms with Crippen molar-refractivity contribution in [2.75, 3.05) is 0 Å². The molecule has 4 nitrogen and oxygen atoms in total. The van der Waals surface area contributed by atoms with Crippen molar-refractivity contribution in [1.29, 1.82) is 0 Å². The zero-order valence-electron chi connectivity index (χ0n) is 12.2. The molecule has 112 valence electrons. The van der Waals surface area contributed by atoms with Crippen LogP contribution in [0.25, 0.3) is 54.4 Å². The molecule has 2 aromatic heterocycles. The second-order valence-electron chi connectivity index (χ2n) is 5.82. The van der Waals surface area contributed by atoms with Crippen LogP contribution in [0.1, 0.15) is 0 Å². The molecule has 0 N–H and O–H groups in total. The quantitative estimate of drug-likeness (QED) is 0.357. The fourth-order valence-electron chi connectivity index (χ4n) is 3.53. The van der Waals surface area contributed by atoms with Crippen LogP contribution in [-0.4, -0.2) is 17.5 Å². The van der Waals surface area contributed by atoms with Crippen LogP contribution in [-0.2, 0) is 0 Å². The maximum absolute atomic E-state index is 4.57. The number of hydrogen-bond donors (Lipinski definition) is 0. The number of nitrogens with zero attached hydrogens (tertiary/aromatic N) is 4. The van der Waals surface area contributed by atoms with Gasteiger partial charge in [-0.05, 0) is 28.3 Å². The van der Waals surface area contributed by atoms with Gasteiger partial charge in [0.15, 0.2) is 0 Å². The SMILES string of the molecule is c1cc2ccc3ccc4nsnc4c3c2c2c1ccc1nsnc12. The zero-order valence-corrected chi connectivity index (χ0v) is 13.9. The van der Waals surface area contributed by atoms with E-state index < -0.39 is 0 Å². The predicted molar refractivity (Wildman–Crippen MR) is 101 cm³/mol. The molecule has 6 rings (SSSR count). The zero-order chi connectivity index (χ0) is 15.7. The van der Waals surface area contributed by atoms with Crippen molar-refractivity contribution < 1.29 is 0 Å². The molecule has 0 atom stereocenters. The molecule has 6 heteroatoms. The highest BCUT2D eigenvalue weighted by Crippen LogP contribution is 2.38. The highest BCUT2D eigenvalue weighted by molar-refractivity contribution is 7.00. The van der Waals surface area contributed by atoms with Crippen molar-refractivity contribution in [2.24, 2.45) is 0 Å². The molecule has 2 heterocycles. The van der Waals surface area contributed by atoms with Gasteiger partial charge in [0.05, 0.1) is 23.5 Å². The third-order valence-corrected chi connectivity index (χ3v) is 5.68. The lowest BCUT2D eigenvalue weighted by Gasteiger charge is -2.08. The van der Waals surface area contributed by atoms with Crippen molar-refractivity contribution in [1.82, 2.24) is 17.5 Å². The minimum atomic E-state index is 0.945. The first kappa shape index (κ1) is 12.7. The number of benzene rings is 4. The Morgan fingerprint density at radius 1 is 0.458 bits per heavy atom. The average Bonchev–Trinajstić information content (AvgIpc) is 3.29. The normalized spacial score (nSPS) is 12.2. The summed E-state index contributed by atoms with van der Waals surface area (Å²) in [5.74, 6) is 0. The Morgan fingerprint density at radius 3 is 1.38 bits per heavy atom. The van der Waals surface area contributed by atoms with Gasteiger partial charge in [-0.15, -0.1) is 0 Å². The highest BCUT2D eigenvalue weighted by atomic mass is 32.1. The Hall–Kier alpha value is -2.70. The Labute approximate surface area is 144 Å². The summed E-state index contributed by atoms with van der Waals surface area (Å²) in [5, 5.41) is 7.05. The fourth-order valence-corrected chi connectivity index (χ4v) is 4.62. The molecular weight excluding hydrogens is 336 g/mol. The lowest BCUT2D eigenvalue weighted by atomic mass is 9.95. The Balaban J connectivity index is 2.06. The van der Waals surface area contributed by atoms with Gasteiger partial charge in [-0.1, -0.05) is 36.4 Å². The molecule has 0 fully saturated rings. The van der Waals surface area contributed by atoms with Crippen molar-refractivity contribution in [3.63, 3.8) is 0 Å². The largest absolute Gasteiger partial charge is 0.173 e. The number of rotatable bonds is 0. The maximum atomic E-state index is 4.57. The van der Waals surface area contributed by atoms with Crippen LogP contribution in [0.3, 0.4) is 0 Å². The number of hydrogen-bond acceptors (Lipinski definition) is 6. The van der Waals surface area contributed by atoms with Crippen LogP contribution in [0.15, 0.2) is 48.5 Å². The van der Waals surface area contributed by atoms with E-state index >= 15 is 0 Å². The summed E-state index contributed by atoms with van der Waals surface area (Å²) in [4.78, 5) is 0. The van der Waals surface area contributed by atoms with Crippen molar-refractivity contribution in [2.45, 2.75) is 0 Å². The van der Waals surface area contributed by atoms with E-state index in [1.807, 2.05) is 12.1 Å². The van der Waals surface area contributed by atoms with Gasteiger partial charge >= 0.3 is 0 Å². The van der Waals surface area contributed by atoms with Gasteiger partial charge < -0.3 is 0 Å². The summed E-state index contributed by atoms with van der Waals surface area (Å²) in [6.07, 6.45) is 0. The summed E-state index contributed by atoms with van der Waals surface area (Å²) >= 11 is 2.52. The molecular formula is C18H8N4S2. The molecule has 0 unspecified atom stereocenters. The van der Waals surface area contributed by atoms with E-state index in [0.29, 0.717) is 0 Å². The first-order valence-corrected chi connectivity index (χ1v) is 8.98. The molecule has 0 radical (unpaired) electrons. The molecule has 0 spiro atoms. The van der Waals surface area contributed by atoms with Crippen molar-refractivity contribution in [3.8, 4) is 0 Å². The first-order valence-electron chi connectivity index (χ1n) is 7.52. The monoisotopic (exact) mass is 344 g/mol. The summed E-state index contributed by atoms with van der Waals surface area (Å²) < 4.78 is 18.0. The van der Waals surface area contributed by atoms with Crippen LogP contribution >= 0.6 is 23.5 Å². The van der Waals surface area contributed by atoms with E-state index in [0.717, 1.165) is 32.8 Å². The van der Waals surface area contributed by atoms with Gasteiger partial charge in [0.25, 0.3) is 0 Å². The summed E-state index contributed by atoms with van der Waals surface area (Å²) in [6.45, 7) is 0. The van der Waals surface area contributed by atoms with Gasteiger partial charge in [-0.3, -0.25) is 0 Å². The highest BCUT2D eigenvalue weighted by Gasteiger charge is 2.14. The van der Waals surface area contributed by atoms with Crippen LogP contribution < -0.4 is 0 Å². The number of aromatic nitrogens is 4. The van der Waals surface area contributed by atoms with E-state index in [2.05, 4.69) is 53.9 Å². The molecule has 24 heavy (non-hydrogen) atoms. The Bertz CT molecular complexity index is 1310. The molecule has 4 aromatic carbocycles. The Kier molecular flexibility index (Phi) is 2.34. The summed E-state index contributed by atoms with van der Waals surface area (Å²) in [6, 6.07) is 17.0. The van der Waals surface area contributed by atoms with Crippen molar-refractivity contribution in [3.05, 3.63) is 48.5 Å². The molecule has 0 aliphatic rings. The van der Waals surface area contributed by atoms with Crippen LogP contribution in [0.2, 0.25) is 0 Å². The van der Waals surface area contributed by atoms with Gasteiger partial charge in [-0.25, -0.2) is 0 Å². The van der Waals surface area contributed by atoms with E-state index in [-0.39, 0.29) is 0 Å². The molecule has 6 aromatic rings. The lowest BCUT2D eigenvalue weighted by Crippen LogP contribution is -1.84. The molecule has 0 saturated heterocycles. The summed E-state index contributed by atoms with van der Waals surface area (Å²) in [5.41, 5.74) is 3.83. The van der Waals surface area contributed by atoms with Gasteiger partial charge in [0.2, 0.25) is 0 Å². The van der Waals surface area contributed by atoms with Crippen molar-refractivity contribution >= 4 is 77.8 Å². The minimum absolute atomic E-state index is 0.945. The molecule has 0 aliphatic carbocycles.